The fourth-order valence-electron chi connectivity index (χ4n) is 2.38. The normalized spacial score (nSPS) is 25.1. The summed E-state index contributed by atoms with van der Waals surface area (Å²) in [5.41, 5.74) is 1.82. The van der Waals surface area contributed by atoms with Crippen LogP contribution >= 0.6 is 0 Å². The number of nitrogens with one attached hydrogen (secondary N) is 1. The molecule has 1 heterocycles. The molecule has 0 amide bonds. The van der Waals surface area contributed by atoms with Crippen LogP contribution in [0.2, 0.25) is 0 Å². The molecule has 1 N–H and O–H groups in total. The molecule has 1 aliphatic rings. The van der Waals surface area contributed by atoms with Crippen LogP contribution < -0.4 is 5.32 Å². The maximum absolute atomic E-state index is 3.57. The van der Waals surface area contributed by atoms with Gasteiger partial charge in [-0.25, -0.2) is 0 Å². The molecule has 1 fully saturated rings. The van der Waals surface area contributed by atoms with Crippen LogP contribution in [0.5, 0.6) is 0 Å². The maximum atomic E-state index is 3.57. The van der Waals surface area contributed by atoms with Gasteiger partial charge in [-0.05, 0) is 44.7 Å². The second-order valence-corrected chi connectivity index (χ2v) is 5.02. The van der Waals surface area contributed by atoms with Crippen molar-refractivity contribution < 1.29 is 0 Å². The number of benzene rings is 1. The quantitative estimate of drug-likeness (QED) is 0.754. The second kappa shape index (κ2) is 3.74. The number of hydrogen-bond acceptors (Lipinski definition) is 1. The Bertz CT molecular complexity index is 289. The first-order valence-electron chi connectivity index (χ1n) is 5.45. The fraction of sp³-hybridized carbons (Fsp3) is 0.538. The lowest BCUT2D eigenvalue weighted by atomic mass is 9.92. The van der Waals surface area contributed by atoms with Gasteiger partial charge in [-0.2, -0.15) is 0 Å². The van der Waals surface area contributed by atoms with E-state index < -0.39 is 0 Å². The summed E-state index contributed by atoms with van der Waals surface area (Å²) in [6.07, 6.45) is 2.51. The first kappa shape index (κ1) is 9.72. The van der Waals surface area contributed by atoms with Crippen LogP contribution in [0.25, 0.3) is 0 Å². The average molecular weight is 189 g/mol. The van der Waals surface area contributed by atoms with Crippen LogP contribution in [0, 0.1) is 5.92 Å². The lowest BCUT2D eigenvalue weighted by Gasteiger charge is -2.17. The van der Waals surface area contributed by atoms with Gasteiger partial charge in [0.05, 0.1) is 0 Å². The highest BCUT2D eigenvalue weighted by molar-refractivity contribution is 5.16. The molecule has 1 saturated heterocycles. The molecule has 1 heteroatoms. The van der Waals surface area contributed by atoms with Crippen molar-refractivity contribution in [1.29, 1.82) is 0 Å². The molecule has 0 aliphatic carbocycles. The van der Waals surface area contributed by atoms with Gasteiger partial charge in [0.25, 0.3) is 0 Å². The van der Waals surface area contributed by atoms with E-state index in [2.05, 4.69) is 49.5 Å². The zero-order valence-corrected chi connectivity index (χ0v) is 9.09. The fourth-order valence-corrected chi connectivity index (χ4v) is 2.38. The molecule has 0 spiro atoms. The molecule has 2 rings (SSSR count). The van der Waals surface area contributed by atoms with E-state index in [0.717, 1.165) is 5.92 Å². The maximum Gasteiger partial charge on any atom is 0.0128 e. The summed E-state index contributed by atoms with van der Waals surface area (Å²) in [6.45, 7) is 5.75. The van der Waals surface area contributed by atoms with E-state index in [1.54, 1.807) is 0 Å². The van der Waals surface area contributed by atoms with Crippen molar-refractivity contribution in [2.45, 2.75) is 32.2 Å². The molecule has 0 radical (unpaired) electrons. The predicted molar refractivity (Wildman–Crippen MR) is 60.3 cm³/mol. The van der Waals surface area contributed by atoms with Gasteiger partial charge in [0.15, 0.2) is 0 Å². The standard InChI is InChI=1S/C13H19N/c1-13(2)9-12(10-14-13)8-11-6-4-3-5-7-11/h3-7,12,14H,8-10H2,1-2H3. The van der Waals surface area contributed by atoms with Gasteiger partial charge >= 0.3 is 0 Å². The SMILES string of the molecule is CC1(C)CC(Cc2ccccc2)CN1. The van der Waals surface area contributed by atoms with Crippen molar-refractivity contribution in [2.24, 2.45) is 5.92 Å². The van der Waals surface area contributed by atoms with E-state index in [9.17, 15) is 0 Å². The molecular formula is C13H19N. The van der Waals surface area contributed by atoms with Gasteiger partial charge in [-0.1, -0.05) is 30.3 Å². The Morgan fingerprint density at radius 3 is 2.57 bits per heavy atom. The summed E-state index contributed by atoms with van der Waals surface area (Å²) in [4.78, 5) is 0. The van der Waals surface area contributed by atoms with Crippen molar-refractivity contribution >= 4 is 0 Å². The monoisotopic (exact) mass is 189 g/mol. The molecular weight excluding hydrogens is 170 g/mol. The molecule has 1 aliphatic heterocycles. The van der Waals surface area contributed by atoms with Crippen molar-refractivity contribution in [3.05, 3.63) is 35.9 Å². The van der Waals surface area contributed by atoms with Crippen molar-refractivity contribution in [2.75, 3.05) is 6.54 Å². The summed E-state index contributed by atoms with van der Waals surface area (Å²) >= 11 is 0. The van der Waals surface area contributed by atoms with Crippen molar-refractivity contribution in [1.82, 2.24) is 5.32 Å². The minimum Gasteiger partial charge on any atom is -0.311 e. The van der Waals surface area contributed by atoms with Gasteiger partial charge < -0.3 is 5.32 Å². The van der Waals surface area contributed by atoms with E-state index in [1.165, 1.54) is 24.9 Å². The second-order valence-electron chi connectivity index (χ2n) is 5.02. The summed E-state index contributed by atoms with van der Waals surface area (Å²) in [7, 11) is 0. The summed E-state index contributed by atoms with van der Waals surface area (Å²) in [5.74, 6) is 0.812. The van der Waals surface area contributed by atoms with Crippen molar-refractivity contribution in [3.63, 3.8) is 0 Å². The molecule has 1 unspecified atom stereocenters. The van der Waals surface area contributed by atoms with Crippen LogP contribution in [0.4, 0.5) is 0 Å². The highest BCUT2D eigenvalue weighted by Gasteiger charge is 2.29. The largest absolute Gasteiger partial charge is 0.311 e. The Labute approximate surface area is 86.5 Å². The van der Waals surface area contributed by atoms with E-state index in [4.69, 9.17) is 0 Å². The van der Waals surface area contributed by atoms with Crippen LogP contribution in [0.1, 0.15) is 25.8 Å². The highest BCUT2D eigenvalue weighted by Crippen LogP contribution is 2.25. The predicted octanol–water partition coefficient (Wildman–Crippen LogP) is 2.62. The third-order valence-electron chi connectivity index (χ3n) is 3.04. The Morgan fingerprint density at radius 2 is 2.00 bits per heavy atom. The summed E-state index contributed by atoms with van der Waals surface area (Å²) in [5, 5.41) is 3.57. The molecule has 1 aromatic rings. The van der Waals surface area contributed by atoms with Crippen LogP contribution in [0.3, 0.4) is 0 Å². The highest BCUT2D eigenvalue weighted by atomic mass is 15.0. The molecule has 1 atom stereocenters. The number of rotatable bonds is 2. The van der Waals surface area contributed by atoms with Gasteiger partial charge in [0.2, 0.25) is 0 Å². The first-order valence-corrected chi connectivity index (χ1v) is 5.45. The first-order chi connectivity index (χ1) is 6.66. The molecule has 76 valence electrons. The van der Waals surface area contributed by atoms with Gasteiger partial charge in [-0.3, -0.25) is 0 Å². The molecule has 0 saturated carbocycles. The van der Waals surface area contributed by atoms with Gasteiger partial charge in [0.1, 0.15) is 0 Å². The van der Waals surface area contributed by atoms with E-state index in [-0.39, 0.29) is 0 Å². The zero-order chi connectivity index (χ0) is 10.0. The minimum atomic E-state index is 0.347. The summed E-state index contributed by atoms with van der Waals surface area (Å²) < 4.78 is 0. The lowest BCUT2D eigenvalue weighted by molar-refractivity contribution is 0.441. The number of hydrogen-bond donors (Lipinski definition) is 1. The Morgan fingerprint density at radius 1 is 1.29 bits per heavy atom. The van der Waals surface area contributed by atoms with E-state index in [1.807, 2.05) is 0 Å². The third-order valence-corrected chi connectivity index (χ3v) is 3.04. The average Bonchev–Trinajstić information content (AvgIpc) is 2.47. The smallest absolute Gasteiger partial charge is 0.0128 e. The van der Waals surface area contributed by atoms with E-state index >= 15 is 0 Å². The topological polar surface area (TPSA) is 12.0 Å². The van der Waals surface area contributed by atoms with Crippen LogP contribution in [-0.4, -0.2) is 12.1 Å². The molecule has 14 heavy (non-hydrogen) atoms. The lowest BCUT2D eigenvalue weighted by Crippen LogP contribution is -2.31. The van der Waals surface area contributed by atoms with Crippen LogP contribution in [0.15, 0.2) is 30.3 Å². The van der Waals surface area contributed by atoms with Gasteiger partial charge in [0, 0.05) is 5.54 Å². The zero-order valence-electron chi connectivity index (χ0n) is 9.09. The molecule has 1 aromatic carbocycles. The minimum absolute atomic E-state index is 0.347. The molecule has 1 nitrogen and oxygen atoms in total. The Balaban J connectivity index is 1.94. The Hall–Kier alpha value is -0.820. The molecule has 0 bridgehead atoms. The molecule has 0 aromatic heterocycles. The van der Waals surface area contributed by atoms with Crippen molar-refractivity contribution in [3.8, 4) is 0 Å². The third kappa shape index (κ3) is 2.36. The Kier molecular flexibility index (Phi) is 2.60. The summed E-state index contributed by atoms with van der Waals surface area (Å²) in [6, 6.07) is 10.8. The van der Waals surface area contributed by atoms with Gasteiger partial charge in [-0.15, -0.1) is 0 Å². The van der Waals surface area contributed by atoms with Crippen LogP contribution in [-0.2, 0) is 6.42 Å². The van der Waals surface area contributed by atoms with E-state index in [0.29, 0.717) is 5.54 Å².